The van der Waals surface area contributed by atoms with E-state index >= 15 is 0 Å². The molecule has 136 valence electrons. The Morgan fingerprint density at radius 3 is 2.52 bits per heavy atom. The number of rotatable bonds is 2. The molecule has 0 radical (unpaired) electrons. The lowest BCUT2D eigenvalue weighted by Gasteiger charge is -2.29. The lowest BCUT2D eigenvalue weighted by atomic mass is 10.1. The maximum atomic E-state index is 13.0. The minimum absolute atomic E-state index is 0.0243. The fraction of sp³-hybridized carbons (Fsp3) is 0.105. The van der Waals surface area contributed by atoms with Gasteiger partial charge in [0, 0.05) is 4.47 Å². The van der Waals surface area contributed by atoms with E-state index in [-0.39, 0.29) is 17.5 Å². The van der Waals surface area contributed by atoms with Crippen molar-refractivity contribution in [2.45, 2.75) is 6.92 Å². The Morgan fingerprint density at radius 1 is 1.15 bits per heavy atom. The van der Waals surface area contributed by atoms with Crippen LogP contribution >= 0.6 is 28.1 Å². The lowest BCUT2D eigenvalue weighted by Crippen LogP contribution is -2.54. The first-order chi connectivity index (χ1) is 12.9. The van der Waals surface area contributed by atoms with E-state index in [0.29, 0.717) is 27.2 Å². The van der Waals surface area contributed by atoms with Gasteiger partial charge in [0.15, 0.2) is 16.6 Å². The van der Waals surface area contributed by atoms with Crippen molar-refractivity contribution in [2.24, 2.45) is 0 Å². The van der Waals surface area contributed by atoms with Gasteiger partial charge in [0.1, 0.15) is 5.57 Å². The van der Waals surface area contributed by atoms with Crippen molar-refractivity contribution >= 4 is 56.8 Å². The summed E-state index contributed by atoms with van der Waals surface area (Å²) in [5.74, 6) is 0.126. The molecule has 0 unspecified atom stereocenters. The van der Waals surface area contributed by atoms with E-state index in [4.69, 9.17) is 21.7 Å². The van der Waals surface area contributed by atoms with E-state index < -0.39 is 11.8 Å². The molecule has 2 aliphatic heterocycles. The molecule has 4 rings (SSSR count). The molecule has 6 nitrogen and oxygen atoms in total. The molecule has 8 heteroatoms. The SMILES string of the molecule is Cc1ccc(N2C(=O)C(=Cc3cc4c(cc3Br)OCO4)C(=O)NC2=S)cc1. The Hall–Kier alpha value is -2.71. The quantitative estimate of drug-likeness (QED) is 0.437. The van der Waals surface area contributed by atoms with Crippen molar-refractivity contribution in [3.05, 3.63) is 57.6 Å². The van der Waals surface area contributed by atoms with E-state index in [1.807, 2.05) is 19.1 Å². The molecule has 2 amide bonds. The van der Waals surface area contributed by atoms with Gasteiger partial charge < -0.3 is 9.47 Å². The molecule has 27 heavy (non-hydrogen) atoms. The van der Waals surface area contributed by atoms with E-state index in [1.165, 1.54) is 11.0 Å². The highest BCUT2D eigenvalue weighted by molar-refractivity contribution is 9.10. The summed E-state index contributed by atoms with van der Waals surface area (Å²) < 4.78 is 11.4. The molecule has 2 aliphatic rings. The second-order valence-electron chi connectivity index (χ2n) is 6.02. The summed E-state index contributed by atoms with van der Waals surface area (Å²) in [5.41, 5.74) is 2.24. The minimum Gasteiger partial charge on any atom is -0.454 e. The Morgan fingerprint density at radius 2 is 1.81 bits per heavy atom. The topological polar surface area (TPSA) is 67.9 Å². The molecule has 2 aromatic carbocycles. The van der Waals surface area contributed by atoms with Crippen LogP contribution in [0.4, 0.5) is 5.69 Å². The molecule has 1 fully saturated rings. The molecule has 0 atom stereocenters. The summed E-state index contributed by atoms with van der Waals surface area (Å²) in [5, 5.41) is 2.62. The Kier molecular flexibility index (Phi) is 4.45. The molecule has 1 saturated heterocycles. The number of aryl methyl sites for hydroxylation is 1. The van der Waals surface area contributed by atoms with Crippen LogP contribution in [0.1, 0.15) is 11.1 Å². The van der Waals surface area contributed by atoms with Gasteiger partial charge in [0.25, 0.3) is 11.8 Å². The molecule has 0 saturated carbocycles. The van der Waals surface area contributed by atoms with Crippen LogP contribution in [0.5, 0.6) is 11.5 Å². The summed E-state index contributed by atoms with van der Waals surface area (Å²) in [7, 11) is 0. The summed E-state index contributed by atoms with van der Waals surface area (Å²) >= 11 is 8.64. The molecule has 2 aromatic rings. The average Bonchev–Trinajstić information content (AvgIpc) is 3.07. The van der Waals surface area contributed by atoms with Gasteiger partial charge in [0.05, 0.1) is 5.69 Å². The largest absolute Gasteiger partial charge is 0.454 e. The highest BCUT2D eigenvalue weighted by atomic mass is 79.9. The van der Waals surface area contributed by atoms with Gasteiger partial charge >= 0.3 is 0 Å². The molecular weight excluding hydrogens is 432 g/mol. The van der Waals surface area contributed by atoms with Gasteiger partial charge in [-0.25, -0.2) is 0 Å². The lowest BCUT2D eigenvalue weighted by molar-refractivity contribution is -0.122. The van der Waals surface area contributed by atoms with E-state index in [1.54, 1.807) is 24.3 Å². The number of amides is 2. The number of carbonyl (C=O) groups is 2. The summed E-state index contributed by atoms with van der Waals surface area (Å²) in [6.07, 6.45) is 1.51. The fourth-order valence-corrected chi connectivity index (χ4v) is 3.50. The van der Waals surface area contributed by atoms with Crippen LogP contribution in [0, 0.1) is 6.92 Å². The highest BCUT2D eigenvalue weighted by Gasteiger charge is 2.34. The second kappa shape index (κ2) is 6.79. The van der Waals surface area contributed by atoms with Crippen LogP contribution < -0.4 is 19.7 Å². The number of nitrogens with zero attached hydrogens (tertiary/aromatic N) is 1. The fourth-order valence-electron chi connectivity index (χ4n) is 2.78. The van der Waals surface area contributed by atoms with Crippen molar-refractivity contribution in [1.29, 1.82) is 0 Å². The summed E-state index contributed by atoms with van der Waals surface area (Å²) in [6.45, 7) is 2.08. The van der Waals surface area contributed by atoms with Crippen molar-refractivity contribution in [1.82, 2.24) is 5.32 Å². The Balaban J connectivity index is 1.75. The zero-order valence-corrected chi connectivity index (χ0v) is 16.5. The zero-order chi connectivity index (χ0) is 19.1. The maximum absolute atomic E-state index is 13.0. The normalized spacial score (nSPS) is 17.5. The van der Waals surface area contributed by atoms with Gasteiger partial charge in [0.2, 0.25) is 6.79 Å². The summed E-state index contributed by atoms with van der Waals surface area (Å²) in [4.78, 5) is 26.7. The number of ether oxygens (including phenoxy) is 2. The number of halogens is 1. The van der Waals surface area contributed by atoms with Crippen molar-refractivity contribution in [3.63, 3.8) is 0 Å². The molecule has 0 spiro atoms. The van der Waals surface area contributed by atoms with Crippen LogP contribution in [-0.4, -0.2) is 23.7 Å². The number of thiocarbonyl (C=S) groups is 1. The predicted molar refractivity (Wildman–Crippen MR) is 108 cm³/mol. The number of fused-ring (bicyclic) bond motifs is 1. The van der Waals surface area contributed by atoms with Crippen LogP contribution in [0.25, 0.3) is 6.08 Å². The standard InChI is InChI=1S/C19H13BrN2O4S/c1-10-2-4-12(5-3-10)22-18(24)13(17(23)21-19(22)27)6-11-7-15-16(8-14(11)20)26-9-25-15/h2-8H,9H2,1H3,(H,21,23,27). The Labute approximate surface area is 168 Å². The van der Waals surface area contributed by atoms with E-state index in [0.717, 1.165) is 5.56 Å². The molecule has 0 bridgehead atoms. The van der Waals surface area contributed by atoms with E-state index in [2.05, 4.69) is 21.2 Å². The molecule has 0 aromatic heterocycles. The monoisotopic (exact) mass is 444 g/mol. The number of carbonyl (C=O) groups excluding carboxylic acids is 2. The number of benzene rings is 2. The maximum Gasteiger partial charge on any atom is 0.270 e. The van der Waals surface area contributed by atoms with Crippen molar-refractivity contribution in [2.75, 3.05) is 11.7 Å². The number of nitrogens with one attached hydrogen (secondary N) is 1. The molecule has 1 N–H and O–H groups in total. The minimum atomic E-state index is -0.544. The highest BCUT2D eigenvalue weighted by Crippen LogP contribution is 2.38. The molecular formula is C19H13BrN2O4S. The second-order valence-corrected chi connectivity index (χ2v) is 7.26. The average molecular weight is 445 g/mol. The molecule has 2 heterocycles. The van der Waals surface area contributed by atoms with Crippen molar-refractivity contribution < 1.29 is 19.1 Å². The third-order valence-electron chi connectivity index (χ3n) is 4.19. The third-order valence-corrected chi connectivity index (χ3v) is 5.16. The van der Waals surface area contributed by atoms with Crippen LogP contribution in [0.15, 0.2) is 46.4 Å². The van der Waals surface area contributed by atoms with Gasteiger partial charge in [-0.2, -0.15) is 0 Å². The van der Waals surface area contributed by atoms with Gasteiger partial charge in [-0.3, -0.25) is 19.8 Å². The van der Waals surface area contributed by atoms with Gasteiger partial charge in [-0.15, -0.1) is 0 Å². The van der Waals surface area contributed by atoms with E-state index in [9.17, 15) is 9.59 Å². The number of hydrogen-bond acceptors (Lipinski definition) is 5. The van der Waals surface area contributed by atoms with Crippen LogP contribution in [0.3, 0.4) is 0 Å². The Bertz CT molecular complexity index is 1020. The van der Waals surface area contributed by atoms with Crippen LogP contribution in [0.2, 0.25) is 0 Å². The first-order valence-corrected chi connectivity index (χ1v) is 9.21. The third kappa shape index (κ3) is 3.22. The van der Waals surface area contributed by atoms with Gasteiger partial charge in [-0.1, -0.05) is 33.6 Å². The first-order valence-electron chi connectivity index (χ1n) is 8.01. The van der Waals surface area contributed by atoms with Crippen LogP contribution in [-0.2, 0) is 9.59 Å². The first kappa shape index (κ1) is 17.7. The zero-order valence-electron chi connectivity index (χ0n) is 14.1. The smallest absolute Gasteiger partial charge is 0.270 e. The number of anilines is 1. The predicted octanol–water partition coefficient (Wildman–Crippen LogP) is 3.32. The molecule has 0 aliphatic carbocycles. The summed E-state index contributed by atoms with van der Waals surface area (Å²) in [6, 6.07) is 10.8. The number of hydrogen-bond donors (Lipinski definition) is 1. The van der Waals surface area contributed by atoms with Gasteiger partial charge in [-0.05, 0) is 55.0 Å². The van der Waals surface area contributed by atoms with Crippen molar-refractivity contribution in [3.8, 4) is 11.5 Å².